The average Bonchev–Trinajstić information content (AvgIpc) is 2.82. The second-order valence-electron chi connectivity index (χ2n) is 8.80. The quantitative estimate of drug-likeness (QED) is 0.543. The summed E-state index contributed by atoms with van der Waals surface area (Å²) in [5.74, 6) is 0.685. The molecule has 0 bridgehead atoms. The minimum Gasteiger partial charge on any atom is -0.362 e. The highest BCUT2D eigenvalue weighted by molar-refractivity contribution is 5.94. The van der Waals surface area contributed by atoms with E-state index >= 15 is 0 Å². The van der Waals surface area contributed by atoms with Crippen molar-refractivity contribution in [3.8, 4) is 0 Å². The maximum absolute atomic E-state index is 14.0. The van der Waals surface area contributed by atoms with Crippen molar-refractivity contribution in [1.29, 1.82) is 0 Å². The number of halogens is 2. The van der Waals surface area contributed by atoms with E-state index in [4.69, 9.17) is 4.98 Å². The lowest BCUT2D eigenvalue weighted by molar-refractivity contribution is 0.0939. The van der Waals surface area contributed by atoms with Gasteiger partial charge in [0.25, 0.3) is 5.91 Å². The van der Waals surface area contributed by atoms with Crippen LogP contribution < -0.4 is 15.5 Å². The number of nitrogens with zero attached hydrogens (tertiary/aromatic N) is 3. The normalized spacial score (nSPS) is 18.2. The summed E-state index contributed by atoms with van der Waals surface area (Å²) < 4.78 is 26.7. The van der Waals surface area contributed by atoms with Crippen molar-refractivity contribution in [3.05, 3.63) is 59.4 Å². The van der Waals surface area contributed by atoms with E-state index in [1.54, 1.807) is 0 Å². The van der Waals surface area contributed by atoms with Crippen LogP contribution in [0, 0.1) is 11.7 Å². The van der Waals surface area contributed by atoms with E-state index in [1.165, 1.54) is 12.1 Å². The van der Waals surface area contributed by atoms with Crippen LogP contribution in [0.1, 0.15) is 41.6 Å². The van der Waals surface area contributed by atoms with Crippen LogP contribution in [0.3, 0.4) is 0 Å². The van der Waals surface area contributed by atoms with Gasteiger partial charge in [-0.05, 0) is 61.4 Å². The Kier molecular flexibility index (Phi) is 7.01. The van der Waals surface area contributed by atoms with E-state index in [0.29, 0.717) is 18.4 Å². The number of aromatic nitrogens is 2. The number of benzene rings is 2. The van der Waals surface area contributed by atoms with Gasteiger partial charge in [0.2, 0.25) is 5.95 Å². The Balaban J connectivity index is 1.31. The van der Waals surface area contributed by atoms with Gasteiger partial charge in [0.05, 0.1) is 11.1 Å². The lowest BCUT2D eigenvalue weighted by Gasteiger charge is -2.29. The topological polar surface area (TPSA) is 70.2 Å². The third-order valence-electron chi connectivity index (χ3n) is 6.17. The SMILES string of the molecule is CN(C)c1nc(N[C@H]2CC[C@@H](CNC(=O)c3ccc(CF)cc3F)CC2)nc2ccccc12. The third kappa shape index (κ3) is 5.38. The zero-order chi connectivity index (χ0) is 23.4. The van der Waals surface area contributed by atoms with Crippen LogP contribution in [-0.2, 0) is 6.67 Å². The monoisotopic (exact) mass is 453 g/mol. The summed E-state index contributed by atoms with van der Waals surface area (Å²) in [5.41, 5.74) is 1.08. The maximum Gasteiger partial charge on any atom is 0.254 e. The number of carbonyl (C=O) groups excluding carboxylic acids is 1. The van der Waals surface area contributed by atoms with Crippen LogP contribution in [0.15, 0.2) is 42.5 Å². The number of alkyl halides is 1. The molecule has 0 unspecified atom stereocenters. The second-order valence-corrected chi connectivity index (χ2v) is 8.80. The molecule has 1 aromatic heterocycles. The predicted octanol–water partition coefficient (Wildman–Crippen LogP) is 4.71. The molecule has 1 heterocycles. The number of anilines is 2. The van der Waals surface area contributed by atoms with Gasteiger partial charge in [-0.25, -0.2) is 13.8 Å². The Hall–Kier alpha value is -3.29. The number of amides is 1. The van der Waals surface area contributed by atoms with E-state index in [9.17, 15) is 13.6 Å². The van der Waals surface area contributed by atoms with Crippen LogP contribution in [0.5, 0.6) is 0 Å². The summed E-state index contributed by atoms with van der Waals surface area (Å²) in [6.45, 7) is -0.260. The summed E-state index contributed by atoms with van der Waals surface area (Å²) in [5, 5.41) is 7.33. The third-order valence-corrected chi connectivity index (χ3v) is 6.17. The van der Waals surface area contributed by atoms with Crippen LogP contribution >= 0.6 is 0 Å². The van der Waals surface area contributed by atoms with Gasteiger partial charge in [-0.2, -0.15) is 4.98 Å². The number of hydrogen-bond acceptors (Lipinski definition) is 5. The first-order valence-electron chi connectivity index (χ1n) is 11.3. The fourth-order valence-electron chi connectivity index (χ4n) is 4.32. The molecule has 3 aromatic rings. The number of hydrogen-bond donors (Lipinski definition) is 2. The van der Waals surface area contributed by atoms with Gasteiger partial charge in [0.15, 0.2) is 0 Å². The van der Waals surface area contributed by atoms with Gasteiger partial charge >= 0.3 is 0 Å². The lowest BCUT2D eigenvalue weighted by atomic mass is 9.86. The molecule has 1 fully saturated rings. The Bertz CT molecular complexity index is 1130. The summed E-state index contributed by atoms with van der Waals surface area (Å²) in [4.78, 5) is 23.7. The molecule has 0 atom stereocenters. The predicted molar refractivity (Wildman–Crippen MR) is 127 cm³/mol. The molecular formula is C25H29F2N5O. The van der Waals surface area contributed by atoms with Crippen LogP contribution in [-0.4, -0.2) is 42.6 Å². The van der Waals surface area contributed by atoms with Crippen LogP contribution in [0.25, 0.3) is 10.9 Å². The number of carbonyl (C=O) groups is 1. The van der Waals surface area contributed by atoms with E-state index in [-0.39, 0.29) is 17.2 Å². The maximum atomic E-state index is 14.0. The molecule has 0 radical (unpaired) electrons. The van der Waals surface area contributed by atoms with E-state index in [0.717, 1.165) is 48.5 Å². The summed E-state index contributed by atoms with van der Waals surface area (Å²) in [6.07, 6.45) is 3.76. The van der Waals surface area contributed by atoms with Crippen molar-refractivity contribution in [2.24, 2.45) is 5.92 Å². The van der Waals surface area contributed by atoms with Crippen molar-refractivity contribution in [3.63, 3.8) is 0 Å². The van der Waals surface area contributed by atoms with E-state index in [2.05, 4.69) is 15.6 Å². The number of para-hydroxylation sites is 1. The van der Waals surface area contributed by atoms with Gasteiger partial charge in [-0.1, -0.05) is 18.2 Å². The molecular weight excluding hydrogens is 424 g/mol. The van der Waals surface area contributed by atoms with Crippen molar-refractivity contribution >= 4 is 28.6 Å². The van der Waals surface area contributed by atoms with E-state index in [1.807, 2.05) is 43.3 Å². The van der Waals surface area contributed by atoms with Gasteiger partial charge in [0.1, 0.15) is 18.3 Å². The molecule has 33 heavy (non-hydrogen) atoms. The zero-order valence-corrected chi connectivity index (χ0v) is 18.9. The first-order valence-corrected chi connectivity index (χ1v) is 11.3. The Morgan fingerprint density at radius 1 is 1.09 bits per heavy atom. The van der Waals surface area contributed by atoms with Crippen molar-refractivity contribution < 1.29 is 13.6 Å². The Morgan fingerprint density at radius 3 is 2.55 bits per heavy atom. The van der Waals surface area contributed by atoms with Gasteiger partial charge < -0.3 is 15.5 Å². The number of rotatable bonds is 7. The molecule has 174 valence electrons. The van der Waals surface area contributed by atoms with Crippen molar-refractivity contribution in [2.45, 2.75) is 38.4 Å². The highest BCUT2D eigenvalue weighted by Gasteiger charge is 2.23. The molecule has 1 saturated carbocycles. The molecule has 1 amide bonds. The Labute approximate surface area is 192 Å². The average molecular weight is 454 g/mol. The molecule has 4 rings (SSSR count). The van der Waals surface area contributed by atoms with Crippen molar-refractivity contribution in [1.82, 2.24) is 15.3 Å². The highest BCUT2D eigenvalue weighted by atomic mass is 19.1. The number of nitrogens with one attached hydrogen (secondary N) is 2. The Morgan fingerprint density at radius 2 is 1.85 bits per heavy atom. The summed E-state index contributed by atoms with van der Waals surface area (Å²) in [6, 6.07) is 12.1. The van der Waals surface area contributed by atoms with E-state index < -0.39 is 18.4 Å². The standard InChI is InChI=1S/C25H29F2N5O/c1-32(2)23-20-5-3-4-6-22(20)30-25(31-23)29-18-10-7-16(8-11-18)15-28-24(33)19-12-9-17(14-26)13-21(19)27/h3-6,9,12-13,16,18H,7-8,10-11,14-15H2,1-2H3,(H,28,33)(H,29,30,31)/t16-,18+. The van der Waals surface area contributed by atoms with Crippen molar-refractivity contribution in [2.75, 3.05) is 30.9 Å². The molecule has 2 aromatic carbocycles. The van der Waals surface area contributed by atoms with Crippen LogP contribution in [0.4, 0.5) is 20.5 Å². The second kappa shape index (κ2) is 10.1. The molecule has 8 heteroatoms. The lowest BCUT2D eigenvalue weighted by Crippen LogP contribution is -2.34. The molecule has 6 nitrogen and oxygen atoms in total. The molecule has 0 saturated heterocycles. The van der Waals surface area contributed by atoms with Gasteiger partial charge in [0, 0.05) is 32.1 Å². The summed E-state index contributed by atoms with van der Waals surface area (Å²) >= 11 is 0. The fourth-order valence-corrected chi connectivity index (χ4v) is 4.32. The number of fused-ring (bicyclic) bond motifs is 1. The minimum absolute atomic E-state index is 0.0484. The zero-order valence-electron chi connectivity index (χ0n) is 18.9. The minimum atomic E-state index is -0.753. The first kappa shape index (κ1) is 22.9. The summed E-state index contributed by atoms with van der Waals surface area (Å²) in [7, 11) is 3.94. The van der Waals surface area contributed by atoms with Gasteiger partial charge in [-0.3, -0.25) is 4.79 Å². The highest BCUT2D eigenvalue weighted by Crippen LogP contribution is 2.28. The smallest absolute Gasteiger partial charge is 0.254 e. The molecule has 1 aliphatic rings. The first-order chi connectivity index (χ1) is 15.9. The molecule has 2 N–H and O–H groups in total. The largest absolute Gasteiger partial charge is 0.362 e. The molecule has 0 aliphatic heterocycles. The fraction of sp³-hybridized carbons (Fsp3) is 0.400. The molecule has 0 spiro atoms. The van der Waals surface area contributed by atoms with Crippen LogP contribution in [0.2, 0.25) is 0 Å². The van der Waals surface area contributed by atoms with Gasteiger partial charge in [-0.15, -0.1) is 0 Å². The molecule has 1 aliphatic carbocycles.